The molecule has 0 amide bonds. The average Bonchev–Trinajstić information content (AvgIpc) is 3.41. The summed E-state index contributed by atoms with van der Waals surface area (Å²) in [7, 11) is 1.71. The Bertz CT molecular complexity index is 973. The van der Waals surface area contributed by atoms with Gasteiger partial charge in [0.25, 0.3) is 0 Å². The van der Waals surface area contributed by atoms with Gasteiger partial charge in [-0.2, -0.15) is 5.26 Å². The summed E-state index contributed by atoms with van der Waals surface area (Å²) in [5, 5.41) is 19.3. The molecule has 2 aliphatic heterocycles. The molecule has 2 fully saturated rings. The molecule has 31 heavy (non-hydrogen) atoms. The topological polar surface area (TPSA) is 78.5 Å². The Morgan fingerprint density at radius 3 is 2.65 bits per heavy atom. The molecule has 1 aromatic carbocycles. The van der Waals surface area contributed by atoms with E-state index >= 15 is 0 Å². The van der Waals surface area contributed by atoms with Gasteiger partial charge in [-0.1, -0.05) is 0 Å². The number of unbranched alkanes of at least 4 members (excludes halogenated alkanes) is 1. The van der Waals surface area contributed by atoms with Gasteiger partial charge in [0.1, 0.15) is 0 Å². The Morgan fingerprint density at radius 1 is 1.26 bits per heavy atom. The summed E-state index contributed by atoms with van der Waals surface area (Å²) in [6.07, 6.45) is 5.34. The minimum absolute atomic E-state index is 0.119. The third-order valence-corrected chi connectivity index (χ3v) is 6.88. The third-order valence-electron chi connectivity index (χ3n) is 6.88. The van der Waals surface area contributed by atoms with Gasteiger partial charge < -0.3 is 14.4 Å². The van der Waals surface area contributed by atoms with Crippen molar-refractivity contribution in [2.75, 3.05) is 20.3 Å². The quantitative estimate of drug-likeness (QED) is 0.496. The number of hydrogen-bond donors (Lipinski definition) is 1. The zero-order valence-corrected chi connectivity index (χ0v) is 18.4. The summed E-state index contributed by atoms with van der Waals surface area (Å²) >= 11 is 0. The number of carbonyl (C=O) groups is 1. The molecule has 3 atom stereocenters. The third kappa shape index (κ3) is 4.31. The second-order valence-electron chi connectivity index (χ2n) is 8.78. The van der Waals surface area contributed by atoms with E-state index in [9.17, 15) is 9.90 Å². The first-order chi connectivity index (χ1) is 15.0. The highest BCUT2D eigenvalue weighted by Gasteiger charge is 2.46. The van der Waals surface area contributed by atoms with Gasteiger partial charge in [0.15, 0.2) is 5.78 Å². The summed E-state index contributed by atoms with van der Waals surface area (Å²) in [5.74, 6) is 0.119. The Labute approximate surface area is 184 Å². The van der Waals surface area contributed by atoms with Crippen LogP contribution >= 0.6 is 0 Å². The van der Waals surface area contributed by atoms with Crippen LogP contribution in [-0.2, 0) is 11.2 Å². The second-order valence-corrected chi connectivity index (χ2v) is 8.78. The molecular weight excluding hydrogens is 390 g/mol. The van der Waals surface area contributed by atoms with Crippen LogP contribution in [0.2, 0.25) is 0 Å². The molecule has 2 bridgehead atoms. The van der Waals surface area contributed by atoms with E-state index in [1.165, 1.54) is 0 Å². The van der Waals surface area contributed by atoms with Crippen molar-refractivity contribution in [3.63, 3.8) is 0 Å². The molecule has 2 saturated heterocycles. The first kappa shape index (κ1) is 21.8. The molecule has 6 heteroatoms. The number of carbonyl (C=O) groups excluding carboxylic acids is 1. The van der Waals surface area contributed by atoms with Crippen LogP contribution in [0, 0.1) is 18.3 Å². The number of Topliss-reactive ketones (excluding diaryl/α,β-unsaturated/α-hetero) is 1. The largest absolute Gasteiger partial charge is 0.391 e. The van der Waals surface area contributed by atoms with Crippen molar-refractivity contribution < 1.29 is 14.6 Å². The van der Waals surface area contributed by atoms with Crippen LogP contribution in [0.5, 0.6) is 0 Å². The number of aromatic nitrogens is 1. The van der Waals surface area contributed by atoms with Gasteiger partial charge >= 0.3 is 0 Å². The molecule has 1 N–H and O–H groups in total. The van der Waals surface area contributed by atoms with Crippen molar-refractivity contribution >= 4 is 5.78 Å². The minimum atomic E-state index is -0.299. The number of aryl methyl sites for hydroxylation is 1. The number of fused-ring (bicyclic) bond motifs is 2. The molecule has 0 radical (unpaired) electrons. The number of aliphatic hydroxyl groups excluding tert-OH is 1. The van der Waals surface area contributed by atoms with Crippen molar-refractivity contribution in [3.05, 3.63) is 52.8 Å². The number of nitrogens with zero attached hydrogens (tertiary/aromatic N) is 3. The van der Waals surface area contributed by atoms with E-state index in [1.807, 2.05) is 37.3 Å². The highest BCUT2D eigenvalue weighted by atomic mass is 16.5. The number of nitriles is 1. The van der Waals surface area contributed by atoms with E-state index < -0.39 is 0 Å². The predicted octanol–water partition coefficient (Wildman–Crippen LogP) is 3.41. The van der Waals surface area contributed by atoms with E-state index in [2.05, 4.69) is 15.5 Å². The number of ketones is 1. The summed E-state index contributed by atoms with van der Waals surface area (Å²) in [6.45, 7) is 3.09. The molecule has 4 rings (SSSR count). The highest BCUT2D eigenvalue weighted by Crippen LogP contribution is 2.37. The van der Waals surface area contributed by atoms with Crippen LogP contribution < -0.4 is 0 Å². The summed E-state index contributed by atoms with van der Waals surface area (Å²) in [4.78, 5) is 15.5. The lowest BCUT2D eigenvalue weighted by Gasteiger charge is -2.21. The first-order valence-corrected chi connectivity index (χ1v) is 11.2. The SMILES string of the molecule is COCCCCc1cc(C(=O)CN2C3CCC2[C@H](O)C3)c(C)n1-c1ccc(C#N)cc1. The molecule has 0 aliphatic carbocycles. The molecule has 6 nitrogen and oxygen atoms in total. The molecular formula is C25H31N3O3. The smallest absolute Gasteiger partial charge is 0.178 e. The Balaban J connectivity index is 1.60. The maximum atomic E-state index is 13.3. The molecule has 0 spiro atoms. The molecule has 2 aromatic rings. The number of hydrogen-bond acceptors (Lipinski definition) is 5. The predicted molar refractivity (Wildman–Crippen MR) is 119 cm³/mol. The van der Waals surface area contributed by atoms with Gasteiger partial charge in [-0.15, -0.1) is 0 Å². The standard InChI is InChI=1S/C25H31N3O3/c1-17-22(25(30)16-27-20-10-11-23(27)24(29)14-20)13-21(5-3-4-12-31-2)28(17)19-8-6-18(15-26)7-9-19/h6-9,13,20,23-24,29H,3-5,10-12,14,16H2,1-2H3/t20?,23?,24-/m1/s1. The van der Waals surface area contributed by atoms with E-state index in [4.69, 9.17) is 10.00 Å². The van der Waals surface area contributed by atoms with Gasteiger partial charge in [-0.05, 0) is 75.8 Å². The zero-order chi connectivity index (χ0) is 22.0. The number of benzene rings is 1. The Morgan fingerprint density at radius 2 is 2.03 bits per heavy atom. The van der Waals surface area contributed by atoms with Gasteiger partial charge in [-0.25, -0.2) is 0 Å². The zero-order valence-electron chi connectivity index (χ0n) is 18.4. The van der Waals surface area contributed by atoms with Crippen molar-refractivity contribution in [2.45, 2.75) is 63.6 Å². The van der Waals surface area contributed by atoms with E-state index in [0.717, 1.165) is 67.8 Å². The van der Waals surface area contributed by atoms with Crippen molar-refractivity contribution in [1.29, 1.82) is 5.26 Å². The van der Waals surface area contributed by atoms with Crippen molar-refractivity contribution in [2.24, 2.45) is 0 Å². The van der Waals surface area contributed by atoms with E-state index in [1.54, 1.807) is 7.11 Å². The lowest BCUT2D eigenvalue weighted by molar-refractivity contribution is 0.0873. The fraction of sp³-hybridized carbons (Fsp3) is 0.520. The summed E-state index contributed by atoms with van der Waals surface area (Å²) < 4.78 is 7.33. The van der Waals surface area contributed by atoms with Crippen LogP contribution in [-0.4, -0.2) is 58.8 Å². The Kier molecular flexibility index (Phi) is 6.57. The lowest BCUT2D eigenvalue weighted by atomic mass is 9.98. The summed E-state index contributed by atoms with van der Waals surface area (Å²) in [6, 6.07) is 12.2. The molecule has 0 saturated carbocycles. The van der Waals surface area contributed by atoms with Crippen LogP contribution in [0.15, 0.2) is 30.3 Å². The number of aliphatic hydroxyl groups is 1. The highest BCUT2D eigenvalue weighted by molar-refractivity contribution is 5.99. The van der Waals surface area contributed by atoms with Gasteiger partial charge in [-0.3, -0.25) is 9.69 Å². The average molecular weight is 422 g/mol. The molecule has 1 aromatic heterocycles. The van der Waals surface area contributed by atoms with E-state index in [-0.39, 0.29) is 17.9 Å². The van der Waals surface area contributed by atoms with Gasteiger partial charge in [0.05, 0.1) is 24.3 Å². The Hall–Kier alpha value is -2.46. The van der Waals surface area contributed by atoms with Crippen LogP contribution in [0.25, 0.3) is 5.69 Å². The molecule has 2 unspecified atom stereocenters. The monoisotopic (exact) mass is 421 g/mol. The fourth-order valence-corrected chi connectivity index (χ4v) is 5.30. The van der Waals surface area contributed by atoms with Gasteiger partial charge in [0.2, 0.25) is 0 Å². The maximum absolute atomic E-state index is 13.3. The molecule has 3 heterocycles. The van der Waals surface area contributed by atoms with Crippen LogP contribution in [0.1, 0.15) is 59.4 Å². The van der Waals surface area contributed by atoms with Crippen LogP contribution in [0.4, 0.5) is 0 Å². The number of rotatable bonds is 9. The normalized spacial score (nSPS) is 22.7. The molecule has 2 aliphatic rings. The first-order valence-electron chi connectivity index (χ1n) is 11.2. The van der Waals surface area contributed by atoms with Crippen molar-refractivity contribution in [1.82, 2.24) is 9.47 Å². The number of ether oxygens (including phenoxy) is 1. The van der Waals surface area contributed by atoms with Crippen LogP contribution in [0.3, 0.4) is 0 Å². The van der Waals surface area contributed by atoms with E-state index in [0.29, 0.717) is 18.2 Å². The number of methoxy groups -OCH3 is 1. The second kappa shape index (κ2) is 9.35. The van der Waals surface area contributed by atoms with Gasteiger partial charge in [0, 0.05) is 48.4 Å². The lowest BCUT2D eigenvalue weighted by Crippen LogP contribution is -2.36. The summed E-state index contributed by atoms with van der Waals surface area (Å²) in [5.41, 5.74) is 4.38. The maximum Gasteiger partial charge on any atom is 0.178 e. The molecule has 164 valence electrons. The minimum Gasteiger partial charge on any atom is -0.391 e. The van der Waals surface area contributed by atoms with Crippen molar-refractivity contribution in [3.8, 4) is 11.8 Å². The fourth-order valence-electron chi connectivity index (χ4n) is 5.30.